The van der Waals surface area contributed by atoms with Gasteiger partial charge < -0.3 is 14.9 Å². The number of Topliss-reactive ketones (excluding diaryl/α,β-unsaturated/α-hetero) is 3. The standard InChI is InChI=1S/C28H36O6/c1-14(2)12-16-19-18(34-25-20(16)24(32)27(3,4)26(33)28(25,5)6)13-17(29)21(23(19)31)22(30)15-10-8-7-9-11-15/h13-16,29,31H,7-12H2,1-6H3. The Bertz CT molecular complexity index is 1100. The molecule has 6 heteroatoms. The molecule has 1 fully saturated rings. The van der Waals surface area contributed by atoms with Crippen LogP contribution in [0.2, 0.25) is 0 Å². The van der Waals surface area contributed by atoms with Crippen LogP contribution in [0.15, 0.2) is 17.4 Å². The maximum Gasteiger partial charge on any atom is 0.175 e. The molecule has 184 valence electrons. The van der Waals surface area contributed by atoms with Crippen LogP contribution in [0.4, 0.5) is 0 Å². The van der Waals surface area contributed by atoms with Crippen molar-refractivity contribution in [3.05, 3.63) is 28.5 Å². The second-order valence-corrected chi connectivity index (χ2v) is 11.7. The van der Waals surface area contributed by atoms with Gasteiger partial charge in [0.05, 0.1) is 10.8 Å². The number of aromatic hydroxyl groups is 2. The van der Waals surface area contributed by atoms with Gasteiger partial charge in [0.2, 0.25) is 0 Å². The van der Waals surface area contributed by atoms with E-state index in [4.69, 9.17) is 4.74 Å². The summed E-state index contributed by atoms with van der Waals surface area (Å²) >= 11 is 0. The van der Waals surface area contributed by atoms with Crippen LogP contribution in [0.1, 0.15) is 102 Å². The predicted molar refractivity (Wildman–Crippen MR) is 128 cm³/mol. The molecule has 34 heavy (non-hydrogen) atoms. The SMILES string of the molecule is CC(C)CC1C2=C(Oc3cc(O)c(C(=O)C4CCCCC4)c(O)c31)C(C)(C)C(=O)C(C)(C)C2=O. The van der Waals surface area contributed by atoms with E-state index in [9.17, 15) is 24.6 Å². The Kier molecular flexibility index (Phi) is 5.94. The lowest BCUT2D eigenvalue weighted by atomic mass is 9.59. The van der Waals surface area contributed by atoms with Crippen molar-refractivity contribution in [3.63, 3.8) is 0 Å². The summed E-state index contributed by atoms with van der Waals surface area (Å²) in [5, 5.41) is 22.2. The molecular formula is C28H36O6. The number of allylic oxidation sites excluding steroid dienone is 2. The largest absolute Gasteiger partial charge is 0.507 e. The topological polar surface area (TPSA) is 101 Å². The number of benzene rings is 1. The summed E-state index contributed by atoms with van der Waals surface area (Å²) in [5.41, 5.74) is -1.61. The number of rotatable bonds is 4. The van der Waals surface area contributed by atoms with Gasteiger partial charge in [0, 0.05) is 29.0 Å². The molecule has 0 aromatic heterocycles. The van der Waals surface area contributed by atoms with E-state index in [1.807, 2.05) is 13.8 Å². The zero-order valence-corrected chi connectivity index (χ0v) is 21.1. The summed E-state index contributed by atoms with van der Waals surface area (Å²) in [7, 11) is 0. The number of hydrogen-bond acceptors (Lipinski definition) is 6. The summed E-state index contributed by atoms with van der Waals surface area (Å²) in [5.74, 6) is -1.57. The average molecular weight is 469 g/mol. The van der Waals surface area contributed by atoms with Gasteiger partial charge in [-0.05, 0) is 52.9 Å². The molecule has 1 heterocycles. The number of phenols is 2. The number of phenolic OH excluding ortho intramolecular Hbond substituents is 2. The maximum atomic E-state index is 13.7. The molecule has 1 aliphatic heterocycles. The molecule has 4 rings (SSSR count). The molecule has 0 amide bonds. The van der Waals surface area contributed by atoms with E-state index in [0.717, 1.165) is 32.1 Å². The van der Waals surface area contributed by atoms with Gasteiger partial charge in [-0.15, -0.1) is 0 Å². The van der Waals surface area contributed by atoms with Crippen molar-refractivity contribution in [3.8, 4) is 17.2 Å². The number of ketones is 3. The Morgan fingerprint density at radius 3 is 2.26 bits per heavy atom. The average Bonchev–Trinajstić information content (AvgIpc) is 2.76. The smallest absolute Gasteiger partial charge is 0.175 e. The Balaban J connectivity index is 1.93. The van der Waals surface area contributed by atoms with Crippen molar-refractivity contribution in [2.45, 2.75) is 86.0 Å². The van der Waals surface area contributed by atoms with E-state index in [-0.39, 0.29) is 57.8 Å². The number of carbonyl (C=O) groups excluding carboxylic acids is 3. The Labute approximate surface area is 201 Å². The van der Waals surface area contributed by atoms with Crippen LogP contribution in [-0.4, -0.2) is 27.6 Å². The summed E-state index contributed by atoms with van der Waals surface area (Å²) in [6.45, 7) is 10.8. The fourth-order valence-corrected chi connectivity index (χ4v) is 6.10. The molecule has 2 N–H and O–H groups in total. The van der Waals surface area contributed by atoms with E-state index in [1.165, 1.54) is 6.07 Å². The van der Waals surface area contributed by atoms with Crippen LogP contribution in [0.25, 0.3) is 0 Å². The van der Waals surface area contributed by atoms with Gasteiger partial charge in [0.1, 0.15) is 28.6 Å². The van der Waals surface area contributed by atoms with Gasteiger partial charge in [-0.2, -0.15) is 0 Å². The van der Waals surface area contributed by atoms with E-state index >= 15 is 0 Å². The highest BCUT2D eigenvalue weighted by molar-refractivity contribution is 6.20. The highest BCUT2D eigenvalue weighted by Gasteiger charge is 2.57. The fraction of sp³-hybridized carbons (Fsp3) is 0.607. The van der Waals surface area contributed by atoms with Crippen LogP contribution in [-0.2, 0) is 9.59 Å². The number of fused-ring (bicyclic) bond motifs is 1. The van der Waals surface area contributed by atoms with Gasteiger partial charge in [0.15, 0.2) is 17.3 Å². The predicted octanol–water partition coefficient (Wildman–Crippen LogP) is 5.84. The maximum absolute atomic E-state index is 13.7. The third-order valence-corrected chi connectivity index (χ3v) is 7.88. The zero-order chi connectivity index (χ0) is 25.2. The second-order valence-electron chi connectivity index (χ2n) is 11.7. The lowest BCUT2D eigenvalue weighted by Crippen LogP contribution is -2.51. The van der Waals surface area contributed by atoms with Crippen molar-refractivity contribution in [2.24, 2.45) is 22.7 Å². The molecule has 1 atom stereocenters. The lowest BCUT2D eigenvalue weighted by molar-refractivity contribution is -0.144. The molecule has 0 spiro atoms. The number of ether oxygens (including phenoxy) is 1. The second kappa shape index (κ2) is 8.24. The molecule has 2 aliphatic carbocycles. The lowest BCUT2D eigenvalue weighted by Gasteiger charge is -2.45. The van der Waals surface area contributed by atoms with Crippen LogP contribution in [0.3, 0.4) is 0 Å². The minimum Gasteiger partial charge on any atom is -0.507 e. The molecule has 1 aromatic carbocycles. The van der Waals surface area contributed by atoms with E-state index in [1.54, 1.807) is 27.7 Å². The van der Waals surface area contributed by atoms with Crippen LogP contribution in [0.5, 0.6) is 17.2 Å². The zero-order valence-electron chi connectivity index (χ0n) is 21.1. The van der Waals surface area contributed by atoms with Crippen molar-refractivity contribution >= 4 is 17.3 Å². The van der Waals surface area contributed by atoms with Crippen molar-refractivity contribution in [2.75, 3.05) is 0 Å². The highest BCUT2D eigenvalue weighted by atomic mass is 16.5. The monoisotopic (exact) mass is 468 g/mol. The molecule has 1 unspecified atom stereocenters. The molecule has 0 bridgehead atoms. The first-order chi connectivity index (χ1) is 15.8. The molecular weight excluding hydrogens is 432 g/mol. The minimum atomic E-state index is -1.23. The summed E-state index contributed by atoms with van der Waals surface area (Å²) in [4.78, 5) is 40.3. The van der Waals surface area contributed by atoms with E-state index < -0.39 is 16.7 Å². The molecule has 6 nitrogen and oxygen atoms in total. The molecule has 0 radical (unpaired) electrons. The summed E-state index contributed by atoms with van der Waals surface area (Å²) in [6.07, 6.45) is 4.98. The van der Waals surface area contributed by atoms with Crippen molar-refractivity contribution in [1.82, 2.24) is 0 Å². The Morgan fingerprint density at radius 2 is 1.68 bits per heavy atom. The third kappa shape index (κ3) is 3.57. The van der Waals surface area contributed by atoms with Crippen LogP contribution in [0, 0.1) is 22.7 Å². The van der Waals surface area contributed by atoms with E-state index in [2.05, 4.69) is 0 Å². The van der Waals surface area contributed by atoms with Crippen molar-refractivity contribution < 1.29 is 29.3 Å². The van der Waals surface area contributed by atoms with Gasteiger partial charge in [-0.25, -0.2) is 0 Å². The Hall–Kier alpha value is -2.63. The van der Waals surface area contributed by atoms with Crippen molar-refractivity contribution in [1.29, 1.82) is 0 Å². The van der Waals surface area contributed by atoms with Gasteiger partial charge in [0.25, 0.3) is 0 Å². The van der Waals surface area contributed by atoms with Gasteiger partial charge >= 0.3 is 0 Å². The molecule has 1 aromatic rings. The summed E-state index contributed by atoms with van der Waals surface area (Å²) in [6, 6.07) is 1.37. The highest BCUT2D eigenvalue weighted by Crippen LogP contribution is 2.57. The first-order valence-electron chi connectivity index (χ1n) is 12.4. The fourth-order valence-electron chi connectivity index (χ4n) is 6.10. The first-order valence-corrected chi connectivity index (χ1v) is 12.4. The Morgan fingerprint density at radius 1 is 1.06 bits per heavy atom. The summed E-state index contributed by atoms with van der Waals surface area (Å²) < 4.78 is 6.15. The normalized spacial score (nSPS) is 24.0. The van der Waals surface area contributed by atoms with E-state index in [0.29, 0.717) is 17.6 Å². The number of hydrogen-bond donors (Lipinski definition) is 2. The van der Waals surface area contributed by atoms with Crippen LogP contribution >= 0.6 is 0 Å². The van der Waals surface area contributed by atoms with Crippen LogP contribution < -0.4 is 4.74 Å². The molecule has 3 aliphatic rings. The third-order valence-electron chi connectivity index (χ3n) is 7.88. The molecule has 0 saturated heterocycles. The first kappa shape index (κ1) is 24.5. The quantitative estimate of drug-likeness (QED) is 0.425. The minimum absolute atomic E-state index is 0.0788. The number of carbonyl (C=O) groups is 3. The van der Waals surface area contributed by atoms with Gasteiger partial charge in [-0.3, -0.25) is 14.4 Å². The van der Waals surface area contributed by atoms with Gasteiger partial charge in [-0.1, -0.05) is 33.1 Å². The molecule has 1 saturated carbocycles.